The van der Waals surface area contributed by atoms with Gasteiger partial charge in [0, 0.05) is 24.5 Å². The topological polar surface area (TPSA) is 27.1 Å². The summed E-state index contributed by atoms with van der Waals surface area (Å²) in [7, 11) is 1.48. The summed E-state index contributed by atoms with van der Waals surface area (Å²) in [5.74, 6) is 1.54. The van der Waals surface area contributed by atoms with Gasteiger partial charge >= 0.3 is 0 Å². The molecule has 106 valence electrons. The van der Waals surface area contributed by atoms with E-state index in [2.05, 4.69) is 9.55 Å². The highest BCUT2D eigenvalue weighted by molar-refractivity contribution is 5.58. The zero-order chi connectivity index (χ0) is 13.9. The first-order chi connectivity index (χ1) is 9.78. The number of imidazole rings is 1. The van der Waals surface area contributed by atoms with Gasteiger partial charge in [0.25, 0.3) is 0 Å². The first kappa shape index (κ1) is 13.2. The second kappa shape index (κ2) is 5.65. The fraction of sp³-hybridized carbons (Fsp3) is 0.438. The van der Waals surface area contributed by atoms with Crippen LogP contribution in [0.1, 0.15) is 25.7 Å². The minimum absolute atomic E-state index is 0.262. The van der Waals surface area contributed by atoms with Gasteiger partial charge in [-0.1, -0.05) is 12.8 Å². The molecule has 3 nitrogen and oxygen atoms in total. The van der Waals surface area contributed by atoms with Gasteiger partial charge in [0.15, 0.2) is 11.6 Å². The van der Waals surface area contributed by atoms with Crippen molar-refractivity contribution in [3.63, 3.8) is 0 Å². The summed E-state index contributed by atoms with van der Waals surface area (Å²) in [5, 5.41) is 0. The molecule has 4 heteroatoms. The highest BCUT2D eigenvalue weighted by atomic mass is 19.1. The summed E-state index contributed by atoms with van der Waals surface area (Å²) in [6.45, 7) is 0.995. The lowest BCUT2D eigenvalue weighted by Crippen LogP contribution is -2.08. The van der Waals surface area contributed by atoms with E-state index in [1.165, 1.54) is 38.9 Å². The number of aromatic nitrogens is 2. The Morgan fingerprint density at radius 1 is 1.35 bits per heavy atom. The molecule has 0 bridgehead atoms. The summed E-state index contributed by atoms with van der Waals surface area (Å²) in [6, 6.07) is 4.90. The predicted molar refractivity (Wildman–Crippen MR) is 76.1 cm³/mol. The zero-order valence-electron chi connectivity index (χ0n) is 11.7. The Kier molecular flexibility index (Phi) is 3.72. The number of benzene rings is 1. The van der Waals surface area contributed by atoms with Crippen LogP contribution in [-0.4, -0.2) is 16.7 Å². The van der Waals surface area contributed by atoms with Gasteiger partial charge in [-0.05, 0) is 37.0 Å². The second-order valence-corrected chi connectivity index (χ2v) is 5.40. The van der Waals surface area contributed by atoms with Crippen LogP contribution in [0.15, 0.2) is 30.6 Å². The summed E-state index contributed by atoms with van der Waals surface area (Å²) in [6.07, 6.45) is 9.07. The number of hydrogen-bond donors (Lipinski definition) is 0. The molecule has 2 aromatic rings. The van der Waals surface area contributed by atoms with Gasteiger partial charge in [-0.25, -0.2) is 9.37 Å². The molecule has 0 atom stereocenters. The Morgan fingerprint density at radius 2 is 2.15 bits per heavy atom. The van der Waals surface area contributed by atoms with Crippen LogP contribution in [0.5, 0.6) is 5.75 Å². The molecular formula is C16H19FN2O. The van der Waals surface area contributed by atoms with Gasteiger partial charge in [-0.3, -0.25) is 0 Å². The molecule has 1 fully saturated rings. The molecule has 0 saturated heterocycles. The largest absolute Gasteiger partial charge is 0.494 e. The summed E-state index contributed by atoms with van der Waals surface area (Å²) < 4.78 is 20.7. The van der Waals surface area contributed by atoms with Crippen LogP contribution in [-0.2, 0) is 6.54 Å². The standard InChI is InChI=1S/C16H19FN2O/c1-20-15-10-13(6-7-14(15)17)16-18-8-9-19(16)11-12-4-2-3-5-12/h6-10,12H,2-5,11H2,1H3. The van der Waals surface area contributed by atoms with E-state index in [-0.39, 0.29) is 11.6 Å². The first-order valence-electron chi connectivity index (χ1n) is 7.13. The molecule has 0 aliphatic heterocycles. The van der Waals surface area contributed by atoms with E-state index >= 15 is 0 Å². The van der Waals surface area contributed by atoms with Gasteiger partial charge in [-0.15, -0.1) is 0 Å². The first-order valence-corrected chi connectivity index (χ1v) is 7.13. The molecular weight excluding hydrogens is 255 g/mol. The minimum Gasteiger partial charge on any atom is -0.494 e. The lowest BCUT2D eigenvalue weighted by molar-refractivity contribution is 0.386. The monoisotopic (exact) mass is 274 g/mol. The van der Waals surface area contributed by atoms with Gasteiger partial charge in [0.1, 0.15) is 5.82 Å². The minimum atomic E-state index is -0.342. The fourth-order valence-corrected chi connectivity index (χ4v) is 2.99. The molecule has 1 aromatic carbocycles. The summed E-state index contributed by atoms with van der Waals surface area (Å²) in [5.41, 5.74) is 0.895. The molecule has 0 spiro atoms. The Hall–Kier alpha value is -1.84. The smallest absolute Gasteiger partial charge is 0.165 e. The number of rotatable bonds is 4. The highest BCUT2D eigenvalue weighted by Gasteiger charge is 2.17. The summed E-state index contributed by atoms with van der Waals surface area (Å²) in [4.78, 5) is 4.42. The van der Waals surface area contributed by atoms with Crippen LogP contribution < -0.4 is 4.74 Å². The van der Waals surface area contributed by atoms with E-state index in [1.807, 2.05) is 6.20 Å². The van der Waals surface area contributed by atoms with Gasteiger partial charge in [-0.2, -0.15) is 0 Å². The molecule has 1 aromatic heterocycles. The molecule has 1 aliphatic carbocycles. The van der Waals surface area contributed by atoms with Crippen molar-refractivity contribution >= 4 is 0 Å². The molecule has 0 N–H and O–H groups in total. The van der Waals surface area contributed by atoms with Crippen molar-refractivity contribution in [2.45, 2.75) is 32.2 Å². The summed E-state index contributed by atoms with van der Waals surface area (Å²) >= 11 is 0. The maximum atomic E-state index is 13.5. The number of halogens is 1. The third-order valence-corrected chi connectivity index (χ3v) is 4.05. The van der Waals surface area contributed by atoms with E-state index in [0.29, 0.717) is 0 Å². The van der Waals surface area contributed by atoms with Crippen LogP contribution >= 0.6 is 0 Å². The number of methoxy groups -OCH3 is 1. The number of nitrogens with zero attached hydrogens (tertiary/aromatic N) is 2. The van der Waals surface area contributed by atoms with E-state index < -0.39 is 0 Å². The zero-order valence-corrected chi connectivity index (χ0v) is 11.7. The van der Waals surface area contributed by atoms with Crippen molar-refractivity contribution in [2.75, 3.05) is 7.11 Å². The SMILES string of the molecule is COc1cc(-c2nccn2CC2CCCC2)ccc1F. The Morgan fingerprint density at radius 3 is 2.90 bits per heavy atom. The van der Waals surface area contributed by atoms with Crippen LogP contribution in [0.2, 0.25) is 0 Å². The van der Waals surface area contributed by atoms with Crippen LogP contribution in [0.4, 0.5) is 4.39 Å². The maximum Gasteiger partial charge on any atom is 0.165 e. The third kappa shape index (κ3) is 2.55. The van der Waals surface area contributed by atoms with Crippen molar-refractivity contribution in [1.29, 1.82) is 0 Å². The average molecular weight is 274 g/mol. The molecule has 1 aliphatic rings. The highest BCUT2D eigenvalue weighted by Crippen LogP contribution is 2.29. The Bertz CT molecular complexity index is 588. The van der Waals surface area contributed by atoms with Crippen LogP contribution in [0.25, 0.3) is 11.4 Å². The van der Waals surface area contributed by atoms with E-state index in [9.17, 15) is 4.39 Å². The van der Waals surface area contributed by atoms with E-state index in [0.717, 1.165) is 23.9 Å². The molecule has 3 rings (SSSR count). The number of ether oxygens (including phenoxy) is 1. The van der Waals surface area contributed by atoms with Crippen molar-refractivity contribution in [3.8, 4) is 17.1 Å². The predicted octanol–water partition coefficient (Wildman–Crippen LogP) is 3.89. The molecule has 0 radical (unpaired) electrons. The molecule has 1 heterocycles. The Balaban J connectivity index is 1.88. The van der Waals surface area contributed by atoms with E-state index in [1.54, 1.807) is 18.3 Å². The quantitative estimate of drug-likeness (QED) is 0.845. The van der Waals surface area contributed by atoms with Crippen molar-refractivity contribution in [1.82, 2.24) is 9.55 Å². The van der Waals surface area contributed by atoms with Gasteiger partial charge in [0.2, 0.25) is 0 Å². The molecule has 0 unspecified atom stereocenters. The average Bonchev–Trinajstić information content (AvgIpc) is 3.12. The van der Waals surface area contributed by atoms with E-state index in [4.69, 9.17) is 4.74 Å². The molecule has 20 heavy (non-hydrogen) atoms. The van der Waals surface area contributed by atoms with Gasteiger partial charge < -0.3 is 9.30 Å². The normalized spacial score (nSPS) is 15.7. The number of hydrogen-bond acceptors (Lipinski definition) is 2. The van der Waals surface area contributed by atoms with Crippen molar-refractivity contribution < 1.29 is 9.13 Å². The Labute approximate surface area is 118 Å². The third-order valence-electron chi connectivity index (χ3n) is 4.05. The van der Waals surface area contributed by atoms with Crippen molar-refractivity contribution in [2.24, 2.45) is 5.92 Å². The van der Waals surface area contributed by atoms with Crippen LogP contribution in [0.3, 0.4) is 0 Å². The lowest BCUT2D eigenvalue weighted by atomic mass is 10.1. The maximum absolute atomic E-state index is 13.5. The fourth-order valence-electron chi connectivity index (χ4n) is 2.99. The molecule has 0 amide bonds. The van der Waals surface area contributed by atoms with Crippen molar-refractivity contribution in [3.05, 3.63) is 36.4 Å². The second-order valence-electron chi connectivity index (χ2n) is 5.40. The lowest BCUT2D eigenvalue weighted by Gasteiger charge is -2.13. The van der Waals surface area contributed by atoms with Crippen LogP contribution in [0, 0.1) is 11.7 Å². The van der Waals surface area contributed by atoms with Gasteiger partial charge in [0.05, 0.1) is 7.11 Å². The molecule has 1 saturated carbocycles.